The molecule has 0 unspecified atom stereocenters. The van der Waals surface area contributed by atoms with Crippen molar-refractivity contribution in [2.24, 2.45) is 0 Å². The van der Waals surface area contributed by atoms with Gasteiger partial charge in [0.1, 0.15) is 0 Å². The first kappa shape index (κ1) is 13.3. The highest BCUT2D eigenvalue weighted by atomic mass is 35.5. The van der Waals surface area contributed by atoms with E-state index < -0.39 is 0 Å². The Bertz CT molecular complexity index is 560. The Morgan fingerprint density at radius 2 is 1.67 bits per heavy atom. The number of para-hydroxylation sites is 1. The molecule has 0 saturated carbocycles. The lowest BCUT2D eigenvalue weighted by Crippen LogP contribution is -1.88. The van der Waals surface area contributed by atoms with Gasteiger partial charge in [-0.15, -0.1) is 0 Å². The van der Waals surface area contributed by atoms with Crippen LogP contribution < -0.4 is 0 Å². The van der Waals surface area contributed by atoms with E-state index in [2.05, 4.69) is 0 Å². The van der Waals surface area contributed by atoms with Crippen LogP contribution in [0.3, 0.4) is 0 Å². The van der Waals surface area contributed by atoms with E-state index in [1.807, 2.05) is 12.1 Å². The fraction of sp³-hybridized carbons (Fsp3) is 0. The predicted molar refractivity (Wildman–Crippen MR) is 76.3 cm³/mol. The molecular weight excluding hydrogens is 290 g/mol. The predicted octanol–water partition coefficient (Wildman–Crippen LogP) is 5.05. The fourth-order valence-electron chi connectivity index (χ4n) is 1.26. The minimum Gasteiger partial charge on any atom is -0.258 e. The van der Waals surface area contributed by atoms with Gasteiger partial charge in [0.2, 0.25) is 0 Å². The van der Waals surface area contributed by atoms with E-state index in [9.17, 15) is 10.1 Å². The van der Waals surface area contributed by atoms with Crippen molar-refractivity contribution in [2.75, 3.05) is 0 Å². The smallest absolute Gasteiger partial charge is 0.258 e. The van der Waals surface area contributed by atoms with Crippen LogP contribution in [0.25, 0.3) is 0 Å². The standard InChI is InChI=1S/C12H8ClNO2S2/c13-9-5-7-10(8-6-9)17-18-12-4-2-1-3-11(12)14(15)16/h1-8H. The van der Waals surface area contributed by atoms with Gasteiger partial charge in [-0.25, -0.2) is 0 Å². The number of hydrogen-bond acceptors (Lipinski definition) is 4. The molecule has 0 atom stereocenters. The molecular formula is C12H8ClNO2S2. The van der Waals surface area contributed by atoms with Crippen molar-refractivity contribution in [3.8, 4) is 0 Å². The van der Waals surface area contributed by atoms with Crippen molar-refractivity contribution in [3.05, 3.63) is 63.7 Å². The maximum absolute atomic E-state index is 10.8. The summed E-state index contributed by atoms with van der Waals surface area (Å²) in [7, 11) is 2.83. The first-order chi connectivity index (χ1) is 8.66. The zero-order chi connectivity index (χ0) is 13.0. The Hall–Kier alpha value is -1.17. The summed E-state index contributed by atoms with van der Waals surface area (Å²) >= 11 is 5.79. The Kier molecular flexibility index (Phi) is 4.52. The van der Waals surface area contributed by atoms with Gasteiger partial charge in [0.25, 0.3) is 5.69 Å². The maximum atomic E-state index is 10.8. The summed E-state index contributed by atoms with van der Waals surface area (Å²) in [5.74, 6) is 0. The second-order valence-corrected chi connectivity index (χ2v) is 6.03. The molecule has 18 heavy (non-hydrogen) atoms. The number of nitro benzene ring substituents is 1. The van der Waals surface area contributed by atoms with Crippen LogP contribution in [0.1, 0.15) is 0 Å². The highest BCUT2D eigenvalue weighted by Crippen LogP contribution is 2.41. The van der Waals surface area contributed by atoms with Crippen molar-refractivity contribution in [1.82, 2.24) is 0 Å². The van der Waals surface area contributed by atoms with Gasteiger partial charge >= 0.3 is 0 Å². The summed E-state index contributed by atoms with van der Waals surface area (Å²) in [6.45, 7) is 0. The molecule has 2 aromatic carbocycles. The zero-order valence-corrected chi connectivity index (χ0v) is 11.5. The van der Waals surface area contributed by atoms with Gasteiger partial charge in [-0.1, -0.05) is 34.5 Å². The average Bonchev–Trinajstić information content (AvgIpc) is 2.38. The quantitative estimate of drug-likeness (QED) is 0.450. The molecule has 0 aliphatic heterocycles. The van der Waals surface area contributed by atoms with Crippen molar-refractivity contribution < 1.29 is 4.92 Å². The van der Waals surface area contributed by atoms with Crippen molar-refractivity contribution in [3.63, 3.8) is 0 Å². The van der Waals surface area contributed by atoms with Crippen LogP contribution in [-0.2, 0) is 0 Å². The van der Waals surface area contributed by atoms with Gasteiger partial charge < -0.3 is 0 Å². The topological polar surface area (TPSA) is 43.1 Å². The van der Waals surface area contributed by atoms with Gasteiger partial charge in [-0.3, -0.25) is 10.1 Å². The van der Waals surface area contributed by atoms with Gasteiger partial charge in [-0.05, 0) is 41.1 Å². The summed E-state index contributed by atoms with van der Waals surface area (Å²) in [4.78, 5) is 12.1. The van der Waals surface area contributed by atoms with E-state index in [-0.39, 0.29) is 10.6 Å². The van der Waals surface area contributed by atoms with Crippen LogP contribution in [0.5, 0.6) is 0 Å². The minimum atomic E-state index is -0.370. The number of hydrogen-bond donors (Lipinski definition) is 0. The molecule has 2 aromatic rings. The Labute approximate surface area is 117 Å². The Morgan fingerprint density at radius 3 is 2.33 bits per heavy atom. The number of nitrogens with zero attached hydrogens (tertiary/aromatic N) is 1. The largest absolute Gasteiger partial charge is 0.283 e. The molecule has 0 radical (unpaired) electrons. The molecule has 0 aliphatic carbocycles. The lowest BCUT2D eigenvalue weighted by atomic mass is 10.3. The molecule has 6 heteroatoms. The monoisotopic (exact) mass is 297 g/mol. The number of benzene rings is 2. The molecule has 0 amide bonds. The van der Waals surface area contributed by atoms with E-state index in [0.29, 0.717) is 9.92 Å². The molecule has 0 aromatic heterocycles. The summed E-state index contributed by atoms with van der Waals surface area (Å²) in [6.07, 6.45) is 0. The van der Waals surface area contributed by atoms with Crippen molar-refractivity contribution in [2.45, 2.75) is 9.79 Å². The lowest BCUT2D eigenvalue weighted by molar-refractivity contribution is -0.387. The molecule has 0 spiro atoms. The summed E-state index contributed by atoms with van der Waals surface area (Å²) in [5.41, 5.74) is 0.129. The van der Waals surface area contributed by atoms with Crippen LogP contribution in [-0.4, -0.2) is 4.92 Å². The molecule has 0 saturated heterocycles. The van der Waals surface area contributed by atoms with Crippen molar-refractivity contribution >= 4 is 38.9 Å². The normalized spacial score (nSPS) is 10.3. The molecule has 0 N–H and O–H groups in total. The van der Waals surface area contributed by atoms with E-state index in [4.69, 9.17) is 11.6 Å². The second kappa shape index (κ2) is 6.13. The van der Waals surface area contributed by atoms with Crippen LogP contribution in [0.4, 0.5) is 5.69 Å². The Balaban J connectivity index is 2.10. The van der Waals surface area contributed by atoms with Crippen LogP contribution in [0, 0.1) is 10.1 Å². The van der Waals surface area contributed by atoms with Gasteiger partial charge in [0, 0.05) is 16.0 Å². The average molecular weight is 298 g/mol. The molecule has 0 fully saturated rings. The van der Waals surface area contributed by atoms with E-state index in [0.717, 1.165) is 4.90 Å². The highest BCUT2D eigenvalue weighted by Gasteiger charge is 2.13. The highest BCUT2D eigenvalue weighted by molar-refractivity contribution is 8.76. The van der Waals surface area contributed by atoms with Crippen LogP contribution in [0.15, 0.2) is 58.3 Å². The summed E-state index contributed by atoms with van der Waals surface area (Å²) in [5, 5.41) is 11.5. The number of rotatable bonds is 4. The van der Waals surface area contributed by atoms with Gasteiger partial charge in [-0.2, -0.15) is 0 Å². The van der Waals surface area contributed by atoms with Gasteiger partial charge in [0.15, 0.2) is 0 Å². The molecule has 0 aliphatic rings. The van der Waals surface area contributed by atoms with E-state index in [1.165, 1.54) is 27.7 Å². The van der Waals surface area contributed by atoms with Crippen molar-refractivity contribution in [1.29, 1.82) is 0 Å². The van der Waals surface area contributed by atoms with E-state index >= 15 is 0 Å². The molecule has 0 bridgehead atoms. The number of halogens is 1. The lowest BCUT2D eigenvalue weighted by Gasteiger charge is -2.02. The zero-order valence-electron chi connectivity index (χ0n) is 9.08. The first-order valence-corrected chi connectivity index (χ1v) is 7.53. The summed E-state index contributed by atoms with van der Waals surface area (Å²) < 4.78 is 0. The SMILES string of the molecule is O=[N+]([O-])c1ccccc1SSc1ccc(Cl)cc1. The third-order valence-corrected chi connectivity index (χ3v) is 4.79. The molecule has 3 nitrogen and oxygen atoms in total. The third kappa shape index (κ3) is 3.41. The van der Waals surface area contributed by atoms with Crippen LogP contribution in [0.2, 0.25) is 5.02 Å². The summed E-state index contributed by atoms with van der Waals surface area (Å²) in [6, 6.07) is 14.1. The number of nitro groups is 1. The third-order valence-electron chi connectivity index (χ3n) is 2.10. The maximum Gasteiger partial charge on any atom is 0.283 e. The Morgan fingerprint density at radius 1 is 1.00 bits per heavy atom. The second-order valence-electron chi connectivity index (χ2n) is 3.35. The molecule has 92 valence electrons. The molecule has 0 heterocycles. The molecule has 2 rings (SSSR count). The van der Waals surface area contributed by atoms with E-state index in [1.54, 1.807) is 30.3 Å². The van der Waals surface area contributed by atoms with Gasteiger partial charge in [0.05, 0.1) is 9.82 Å². The van der Waals surface area contributed by atoms with Crippen LogP contribution >= 0.6 is 33.2 Å². The minimum absolute atomic E-state index is 0.129. The fourth-order valence-corrected chi connectivity index (χ4v) is 3.50. The first-order valence-electron chi connectivity index (χ1n) is 5.00.